The van der Waals surface area contributed by atoms with Gasteiger partial charge in [0, 0.05) is 24.4 Å². The maximum Gasteiger partial charge on any atom is 0.187 e. The van der Waals surface area contributed by atoms with Crippen LogP contribution in [0.3, 0.4) is 0 Å². The zero-order valence-electron chi connectivity index (χ0n) is 21.9. The van der Waals surface area contributed by atoms with Gasteiger partial charge in [-0.05, 0) is 57.4 Å². The van der Waals surface area contributed by atoms with Crippen LogP contribution in [0.15, 0.2) is 0 Å². The lowest BCUT2D eigenvalue weighted by Crippen LogP contribution is -2.62. The average molecular weight is 541 g/mol. The van der Waals surface area contributed by atoms with Crippen molar-refractivity contribution in [1.82, 2.24) is 5.32 Å². The summed E-state index contributed by atoms with van der Waals surface area (Å²) in [7, 11) is 0. The van der Waals surface area contributed by atoms with E-state index in [2.05, 4.69) is 5.32 Å². The molecule has 2 saturated heterocycles. The van der Waals surface area contributed by atoms with Gasteiger partial charge >= 0.3 is 0 Å². The van der Waals surface area contributed by atoms with Crippen LogP contribution in [-0.4, -0.2) is 101 Å². The fourth-order valence-electron chi connectivity index (χ4n) is 7.51. The number of nitrogens with one attached hydrogen (secondary N) is 1. The van der Waals surface area contributed by atoms with Crippen LogP contribution in [0.5, 0.6) is 0 Å². The molecule has 0 aromatic heterocycles. The molecule has 0 aromatic rings. The lowest BCUT2D eigenvalue weighted by Gasteiger charge is -2.49. The van der Waals surface area contributed by atoms with E-state index in [1.807, 2.05) is 0 Å². The Morgan fingerprint density at radius 1 is 0.921 bits per heavy atom. The molecule has 2 aliphatic heterocycles. The molecule has 3 aliphatic carbocycles. The van der Waals surface area contributed by atoms with Crippen LogP contribution in [0.25, 0.3) is 0 Å². The zero-order valence-corrected chi connectivity index (χ0v) is 21.9. The van der Waals surface area contributed by atoms with Gasteiger partial charge in [0.2, 0.25) is 0 Å². The molecule has 0 spiro atoms. The smallest absolute Gasteiger partial charge is 0.187 e. The van der Waals surface area contributed by atoms with Crippen LogP contribution in [0.4, 0.5) is 0 Å². The van der Waals surface area contributed by atoms with Crippen molar-refractivity contribution >= 4 is 11.6 Å². The van der Waals surface area contributed by atoms with Crippen molar-refractivity contribution in [1.29, 1.82) is 0 Å². The number of rotatable bonds is 7. The van der Waals surface area contributed by atoms with Crippen LogP contribution in [0.2, 0.25) is 0 Å². The molecule has 0 bridgehead atoms. The highest BCUT2D eigenvalue weighted by Crippen LogP contribution is 2.47. The summed E-state index contributed by atoms with van der Waals surface area (Å²) in [5.74, 6) is -1.44. The number of ether oxygens (including phenoxy) is 3. The van der Waals surface area contributed by atoms with Crippen molar-refractivity contribution in [2.75, 3.05) is 19.8 Å². The highest BCUT2D eigenvalue weighted by atomic mass is 16.7. The first-order valence-corrected chi connectivity index (χ1v) is 14.4. The summed E-state index contributed by atoms with van der Waals surface area (Å²) >= 11 is 0. The second-order valence-electron chi connectivity index (χ2n) is 12.0. The fraction of sp³-hybridized carbons (Fsp3) is 0.926. The van der Waals surface area contributed by atoms with Crippen molar-refractivity contribution in [2.24, 2.45) is 35.3 Å². The standard InChI is InChI=1S/C27H44N2O9/c28-19-11-13(7-9-29-19)8-10-36-26-25(35)24(34)18(12-30)38-27(26)37-17-6-5-16-20(23(17)33)22(32)15-4-2-1-3-14(15)21(16)31/h13-20,23-27,29-30,33-35H,1-12,28H2/t13?,14?,15?,16?,17?,18-,19?,20?,23?,24-,25+,26-,27+/m0/s1. The number of aliphatic hydroxyl groups excluding tert-OH is 4. The molecule has 38 heavy (non-hydrogen) atoms. The number of carbonyl (C=O) groups excluding carboxylic acids is 2. The van der Waals surface area contributed by atoms with Crippen LogP contribution < -0.4 is 11.1 Å². The molecule has 5 rings (SSSR count). The minimum atomic E-state index is -1.38. The molecule has 0 radical (unpaired) electrons. The first kappa shape index (κ1) is 28.5. The van der Waals surface area contributed by atoms with Gasteiger partial charge < -0.3 is 45.7 Å². The van der Waals surface area contributed by atoms with E-state index in [0.717, 1.165) is 38.6 Å². The molecule has 13 atom stereocenters. The molecule has 7 N–H and O–H groups in total. The fourth-order valence-corrected chi connectivity index (χ4v) is 7.51. The van der Waals surface area contributed by atoms with Crippen molar-refractivity contribution in [2.45, 2.75) is 107 Å². The number of piperidine rings is 1. The molecule has 11 heteroatoms. The zero-order chi connectivity index (χ0) is 27.0. The first-order valence-electron chi connectivity index (χ1n) is 14.4. The highest BCUT2D eigenvalue weighted by Gasteiger charge is 2.56. The summed E-state index contributed by atoms with van der Waals surface area (Å²) in [6, 6.07) is 0. The topological polar surface area (TPSA) is 181 Å². The number of hydrogen-bond acceptors (Lipinski definition) is 11. The Kier molecular flexibility index (Phi) is 9.18. The van der Waals surface area contributed by atoms with Gasteiger partial charge in [0.15, 0.2) is 6.29 Å². The van der Waals surface area contributed by atoms with E-state index >= 15 is 0 Å². The number of ketones is 2. The number of aliphatic hydroxyl groups is 4. The number of hydrogen-bond donors (Lipinski definition) is 6. The van der Waals surface area contributed by atoms with Gasteiger partial charge in [0.1, 0.15) is 36.0 Å². The van der Waals surface area contributed by atoms with Gasteiger partial charge in [-0.2, -0.15) is 0 Å². The Hall–Kier alpha value is -1.02. The van der Waals surface area contributed by atoms with Crippen molar-refractivity contribution < 1.29 is 44.2 Å². The van der Waals surface area contributed by atoms with Gasteiger partial charge in [-0.15, -0.1) is 0 Å². The van der Waals surface area contributed by atoms with Gasteiger partial charge in [0.25, 0.3) is 0 Å². The minimum Gasteiger partial charge on any atom is -0.394 e. The van der Waals surface area contributed by atoms with Gasteiger partial charge in [-0.1, -0.05) is 12.8 Å². The molecule has 216 valence electrons. The predicted octanol–water partition coefficient (Wildman–Crippen LogP) is -0.784. The summed E-state index contributed by atoms with van der Waals surface area (Å²) < 4.78 is 18.0. The van der Waals surface area contributed by atoms with Gasteiger partial charge in [0.05, 0.1) is 30.9 Å². The summed E-state index contributed by atoms with van der Waals surface area (Å²) in [6.45, 7) is 0.576. The highest BCUT2D eigenvalue weighted by molar-refractivity contribution is 6.00. The number of carbonyl (C=O) groups is 2. The Morgan fingerprint density at radius 3 is 2.37 bits per heavy atom. The third-order valence-electron chi connectivity index (χ3n) is 9.65. The molecule has 0 aromatic carbocycles. The normalized spacial score (nSPS) is 47.9. The monoisotopic (exact) mass is 540 g/mol. The van der Waals surface area contributed by atoms with E-state index in [1.165, 1.54) is 0 Å². The predicted molar refractivity (Wildman–Crippen MR) is 133 cm³/mol. The molecule has 0 amide bonds. The van der Waals surface area contributed by atoms with E-state index in [-0.39, 0.29) is 36.2 Å². The quantitative estimate of drug-likeness (QED) is 0.223. The molecular formula is C27H44N2O9. The van der Waals surface area contributed by atoms with E-state index in [1.54, 1.807) is 0 Å². The Balaban J connectivity index is 1.26. The third-order valence-corrected chi connectivity index (χ3v) is 9.65. The second kappa shape index (κ2) is 12.2. The third kappa shape index (κ3) is 5.59. The Labute approximate surface area is 223 Å². The van der Waals surface area contributed by atoms with Crippen molar-refractivity contribution in [3.05, 3.63) is 0 Å². The molecule has 5 fully saturated rings. The molecule has 8 unspecified atom stereocenters. The summed E-state index contributed by atoms with van der Waals surface area (Å²) in [5.41, 5.74) is 5.99. The van der Waals surface area contributed by atoms with E-state index in [0.29, 0.717) is 31.6 Å². The van der Waals surface area contributed by atoms with Crippen LogP contribution in [0, 0.1) is 29.6 Å². The summed E-state index contributed by atoms with van der Waals surface area (Å²) in [6.07, 6.45) is -1.58. The Morgan fingerprint density at radius 2 is 1.66 bits per heavy atom. The molecule has 11 nitrogen and oxygen atoms in total. The maximum atomic E-state index is 13.4. The van der Waals surface area contributed by atoms with E-state index < -0.39 is 61.4 Å². The summed E-state index contributed by atoms with van der Waals surface area (Å²) in [5, 5.41) is 45.5. The van der Waals surface area contributed by atoms with Crippen molar-refractivity contribution in [3.8, 4) is 0 Å². The lowest BCUT2D eigenvalue weighted by molar-refractivity contribution is -0.328. The largest absolute Gasteiger partial charge is 0.394 e. The minimum absolute atomic E-state index is 0.0404. The molecule has 3 saturated carbocycles. The molecule has 2 heterocycles. The van der Waals surface area contributed by atoms with Crippen LogP contribution >= 0.6 is 0 Å². The SMILES string of the molecule is NC1CC(CCO[C@@H]2[C@H](OC3CCC4C(=O)C5CCCCC5C(=O)C4C3O)O[C@@H](CO)[C@H](O)[C@H]2O)CCN1. The first-order chi connectivity index (χ1) is 18.3. The molecule has 5 aliphatic rings. The number of fused-ring (bicyclic) bond motifs is 2. The maximum absolute atomic E-state index is 13.4. The average Bonchev–Trinajstić information content (AvgIpc) is 2.92. The molecular weight excluding hydrogens is 496 g/mol. The number of nitrogens with two attached hydrogens (primary N) is 1. The summed E-state index contributed by atoms with van der Waals surface area (Å²) in [4.78, 5) is 26.6. The second-order valence-corrected chi connectivity index (χ2v) is 12.0. The Bertz CT molecular complexity index is 845. The van der Waals surface area contributed by atoms with Crippen LogP contribution in [0.1, 0.15) is 57.8 Å². The van der Waals surface area contributed by atoms with E-state index in [4.69, 9.17) is 19.9 Å². The number of Topliss-reactive ketones (excluding diaryl/α,β-unsaturated/α-hetero) is 2. The van der Waals surface area contributed by atoms with Gasteiger partial charge in [-0.3, -0.25) is 9.59 Å². The lowest BCUT2D eigenvalue weighted by atomic mass is 9.57. The van der Waals surface area contributed by atoms with E-state index in [9.17, 15) is 30.0 Å². The van der Waals surface area contributed by atoms with Gasteiger partial charge in [-0.25, -0.2) is 0 Å². The van der Waals surface area contributed by atoms with Crippen LogP contribution in [-0.2, 0) is 23.8 Å². The van der Waals surface area contributed by atoms with Crippen molar-refractivity contribution in [3.63, 3.8) is 0 Å².